The van der Waals surface area contributed by atoms with Gasteiger partial charge in [-0.15, -0.1) is 0 Å². The van der Waals surface area contributed by atoms with Gasteiger partial charge in [-0.2, -0.15) is 0 Å². The molecule has 0 atom stereocenters. The molecule has 1 aromatic carbocycles. The highest BCUT2D eigenvalue weighted by atomic mass is 16.6. The number of hydrogen-bond acceptors (Lipinski definition) is 9. The van der Waals surface area contributed by atoms with Crippen molar-refractivity contribution in [1.82, 2.24) is 0 Å². The van der Waals surface area contributed by atoms with Gasteiger partial charge in [0.15, 0.2) is 0 Å². The fraction of sp³-hybridized carbons (Fsp3) is 0.818. The summed E-state index contributed by atoms with van der Waals surface area (Å²) in [6, 6.07) is 5.95. The summed E-state index contributed by atoms with van der Waals surface area (Å²) in [4.78, 5) is 10.2. The van der Waals surface area contributed by atoms with Crippen molar-refractivity contribution in [3.63, 3.8) is 0 Å². The van der Waals surface area contributed by atoms with E-state index in [-0.39, 0.29) is 5.69 Å². The highest BCUT2D eigenvalue weighted by Gasteiger charge is 2.04. The van der Waals surface area contributed by atoms with Gasteiger partial charge in [-0.1, -0.05) is 84.0 Å². The largest absolute Gasteiger partial charge is 0.491 e. The van der Waals surface area contributed by atoms with Crippen molar-refractivity contribution in [3.8, 4) is 5.75 Å². The first-order valence-electron chi connectivity index (χ1n) is 16.6. The first kappa shape index (κ1) is 39.2. The predicted octanol–water partition coefficient (Wildman–Crippen LogP) is 7.16. The molecule has 1 rings (SSSR count). The van der Waals surface area contributed by atoms with Crippen molar-refractivity contribution >= 4 is 5.69 Å². The number of non-ortho nitro benzene ring substituents is 1. The van der Waals surface area contributed by atoms with E-state index in [0.717, 1.165) is 13.0 Å². The summed E-state index contributed by atoms with van der Waals surface area (Å²) < 4.78 is 38.6. The Kier molecular flexibility index (Phi) is 28.8. The Hall–Kier alpha value is -1.82. The second kappa shape index (κ2) is 31.6. The van der Waals surface area contributed by atoms with E-state index in [2.05, 4.69) is 6.92 Å². The van der Waals surface area contributed by atoms with Crippen molar-refractivity contribution < 1.29 is 38.1 Å². The molecule has 0 bridgehead atoms. The summed E-state index contributed by atoms with van der Waals surface area (Å²) in [6.07, 6.45) is 17.7. The van der Waals surface area contributed by atoms with Gasteiger partial charge in [0, 0.05) is 18.7 Å². The van der Waals surface area contributed by atoms with Crippen LogP contribution in [0.25, 0.3) is 0 Å². The molecule has 1 aromatic rings. The predicted molar refractivity (Wildman–Crippen MR) is 169 cm³/mol. The lowest BCUT2D eigenvalue weighted by Gasteiger charge is -2.09. The van der Waals surface area contributed by atoms with Gasteiger partial charge < -0.3 is 33.2 Å². The molecule has 250 valence electrons. The van der Waals surface area contributed by atoms with Gasteiger partial charge in [0.25, 0.3) is 5.69 Å². The summed E-state index contributed by atoms with van der Waals surface area (Å²) in [5, 5.41) is 10.6. The number of hydrogen-bond donors (Lipinski definition) is 0. The summed E-state index contributed by atoms with van der Waals surface area (Å²) in [5.41, 5.74) is 0.0359. The molecule has 0 spiro atoms. The SMILES string of the molecule is CCCCCCCCCCCCCCCOCCOCCOCCOCCOCCOCCOc1ccc([N+](=O)[O-])cc1. The molecule has 0 heterocycles. The van der Waals surface area contributed by atoms with Crippen molar-refractivity contribution in [1.29, 1.82) is 0 Å². The molecule has 0 aliphatic rings. The third-order valence-corrected chi connectivity index (χ3v) is 6.80. The van der Waals surface area contributed by atoms with Crippen molar-refractivity contribution in [2.75, 3.05) is 85.9 Å². The molecule has 0 unspecified atom stereocenters. The number of ether oxygens (including phenoxy) is 7. The zero-order chi connectivity index (χ0) is 30.9. The van der Waals surface area contributed by atoms with Crippen LogP contribution in [0.15, 0.2) is 24.3 Å². The molecular weight excluding hydrogens is 554 g/mol. The van der Waals surface area contributed by atoms with E-state index in [1.54, 1.807) is 12.1 Å². The molecule has 0 aliphatic heterocycles. The first-order valence-corrected chi connectivity index (χ1v) is 16.6. The number of nitro benzene ring substituents is 1. The molecule has 43 heavy (non-hydrogen) atoms. The third-order valence-electron chi connectivity index (χ3n) is 6.80. The third kappa shape index (κ3) is 27.5. The zero-order valence-electron chi connectivity index (χ0n) is 26.8. The molecule has 0 aliphatic carbocycles. The van der Waals surface area contributed by atoms with Crippen LogP contribution in [0, 0.1) is 10.1 Å². The summed E-state index contributed by atoms with van der Waals surface area (Å²) in [6.45, 7) is 9.18. The molecule has 0 saturated carbocycles. The van der Waals surface area contributed by atoms with Gasteiger partial charge in [-0.05, 0) is 18.6 Å². The monoisotopic (exact) mass is 613 g/mol. The number of benzene rings is 1. The first-order chi connectivity index (χ1) is 21.2. The minimum Gasteiger partial charge on any atom is -0.491 e. The summed E-state index contributed by atoms with van der Waals surface area (Å²) >= 11 is 0. The molecule has 10 heteroatoms. The normalized spacial score (nSPS) is 11.3. The lowest BCUT2D eigenvalue weighted by molar-refractivity contribution is -0.384. The van der Waals surface area contributed by atoms with Crippen LogP contribution in [0.3, 0.4) is 0 Å². The molecule has 0 aromatic heterocycles. The highest BCUT2D eigenvalue weighted by molar-refractivity contribution is 5.35. The van der Waals surface area contributed by atoms with Crippen molar-refractivity contribution in [2.24, 2.45) is 0 Å². The second-order valence-corrected chi connectivity index (χ2v) is 10.5. The maximum absolute atomic E-state index is 10.6. The Balaban J connectivity index is 1.66. The van der Waals surface area contributed by atoms with Gasteiger partial charge >= 0.3 is 0 Å². The van der Waals surface area contributed by atoms with Gasteiger partial charge in [0.1, 0.15) is 12.4 Å². The second-order valence-electron chi connectivity index (χ2n) is 10.5. The van der Waals surface area contributed by atoms with E-state index in [1.165, 1.54) is 89.2 Å². The van der Waals surface area contributed by atoms with Crippen LogP contribution in [0.1, 0.15) is 90.4 Å². The summed E-state index contributed by atoms with van der Waals surface area (Å²) in [7, 11) is 0. The van der Waals surface area contributed by atoms with Gasteiger partial charge in [-0.25, -0.2) is 0 Å². The number of nitro groups is 1. The Morgan fingerprint density at radius 3 is 1.16 bits per heavy atom. The van der Waals surface area contributed by atoms with Crippen LogP contribution in [-0.4, -0.2) is 90.8 Å². The minimum absolute atomic E-state index is 0.0359. The molecular formula is C33H59NO9. The van der Waals surface area contributed by atoms with Crippen molar-refractivity contribution in [2.45, 2.75) is 90.4 Å². The Bertz CT molecular complexity index is 721. The highest BCUT2D eigenvalue weighted by Crippen LogP contribution is 2.17. The van der Waals surface area contributed by atoms with E-state index in [0.29, 0.717) is 85.0 Å². The maximum Gasteiger partial charge on any atom is 0.269 e. The van der Waals surface area contributed by atoms with E-state index in [4.69, 9.17) is 33.2 Å². The van der Waals surface area contributed by atoms with Crippen LogP contribution in [0.4, 0.5) is 5.69 Å². The van der Waals surface area contributed by atoms with Crippen LogP contribution >= 0.6 is 0 Å². The number of unbranched alkanes of at least 4 members (excludes halogenated alkanes) is 12. The summed E-state index contributed by atoms with van der Waals surface area (Å²) in [5.74, 6) is 0.569. The lowest BCUT2D eigenvalue weighted by Crippen LogP contribution is -2.14. The van der Waals surface area contributed by atoms with Crippen LogP contribution in [0.2, 0.25) is 0 Å². The molecule has 0 saturated heterocycles. The molecule has 0 radical (unpaired) electrons. The maximum atomic E-state index is 10.6. The molecule has 10 nitrogen and oxygen atoms in total. The van der Waals surface area contributed by atoms with Gasteiger partial charge in [-0.3, -0.25) is 10.1 Å². The van der Waals surface area contributed by atoms with Crippen LogP contribution < -0.4 is 4.74 Å². The van der Waals surface area contributed by atoms with Crippen LogP contribution in [0.5, 0.6) is 5.75 Å². The number of rotatable bonds is 34. The standard InChI is InChI=1S/C33H59NO9/c1-2-3-4-5-6-7-8-9-10-11-12-13-14-19-37-20-21-38-22-23-39-24-25-40-26-27-41-28-29-42-30-31-43-33-17-15-32(16-18-33)34(35)36/h15-18H,2-14,19-31H2,1H3. The molecule has 0 fully saturated rings. The van der Waals surface area contributed by atoms with Gasteiger partial charge in [0.2, 0.25) is 0 Å². The Morgan fingerprint density at radius 1 is 0.465 bits per heavy atom. The fourth-order valence-corrected chi connectivity index (χ4v) is 4.31. The Labute approximate surface area is 260 Å². The smallest absolute Gasteiger partial charge is 0.269 e. The lowest BCUT2D eigenvalue weighted by atomic mass is 10.0. The van der Waals surface area contributed by atoms with Gasteiger partial charge in [0.05, 0.1) is 77.6 Å². The average Bonchev–Trinajstić information content (AvgIpc) is 3.02. The zero-order valence-corrected chi connectivity index (χ0v) is 26.8. The van der Waals surface area contributed by atoms with E-state index >= 15 is 0 Å². The topological polar surface area (TPSA) is 108 Å². The van der Waals surface area contributed by atoms with E-state index in [9.17, 15) is 10.1 Å². The fourth-order valence-electron chi connectivity index (χ4n) is 4.31. The average molecular weight is 614 g/mol. The number of nitrogens with zero attached hydrogens (tertiary/aromatic N) is 1. The minimum atomic E-state index is -0.443. The van der Waals surface area contributed by atoms with E-state index < -0.39 is 4.92 Å². The van der Waals surface area contributed by atoms with E-state index in [1.807, 2.05) is 0 Å². The Morgan fingerprint density at radius 2 is 0.791 bits per heavy atom. The van der Waals surface area contributed by atoms with Crippen LogP contribution in [-0.2, 0) is 28.4 Å². The molecule has 0 N–H and O–H groups in total. The van der Waals surface area contributed by atoms with Crippen molar-refractivity contribution in [3.05, 3.63) is 34.4 Å². The molecule has 0 amide bonds. The quantitative estimate of drug-likeness (QED) is 0.0454.